The first-order valence-corrected chi connectivity index (χ1v) is 7.68. The fraction of sp³-hybridized carbons (Fsp3) is 1.00. The summed E-state index contributed by atoms with van der Waals surface area (Å²) in [5.41, 5.74) is 0. The van der Waals surface area contributed by atoms with Crippen LogP contribution in [0.2, 0.25) is 0 Å². The van der Waals surface area contributed by atoms with E-state index in [2.05, 4.69) is 32.5 Å². The molecule has 0 amide bonds. The summed E-state index contributed by atoms with van der Waals surface area (Å²) in [4.78, 5) is 0. The minimum absolute atomic E-state index is 0.819. The second-order valence-electron chi connectivity index (χ2n) is 2.21. The van der Waals surface area contributed by atoms with E-state index in [-0.39, 0.29) is 0 Å². The molecule has 0 N–H and O–H groups in total. The largest absolute Gasteiger partial charge is 0.147 e. The maximum absolute atomic E-state index is 2.27. The highest BCUT2D eigenvalue weighted by atomic mass is 33.1. The van der Waals surface area contributed by atoms with Gasteiger partial charge in [0.05, 0.1) is 4.58 Å². The fourth-order valence-corrected chi connectivity index (χ4v) is 4.55. The van der Waals surface area contributed by atoms with Crippen molar-refractivity contribution in [2.45, 2.75) is 38.2 Å². The molecule has 0 aliphatic carbocycles. The Kier molecular flexibility index (Phi) is 10.0. The average molecular weight is 210 g/mol. The Bertz CT molecular complexity index is 67.7. The Morgan fingerprint density at radius 2 is 1.91 bits per heavy atom. The SMILES string of the molecule is CCCSC(CC)SSCC. The molecule has 0 fully saturated rings. The Labute approximate surface area is 83.1 Å². The summed E-state index contributed by atoms with van der Waals surface area (Å²) in [5.74, 6) is 2.55. The van der Waals surface area contributed by atoms with E-state index < -0.39 is 0 Å². The van der Waals surface area contributed by atoms with E-state index in [9.17, 15) is 0 Å². The highest BCUT2D eigenvalue weighted by Gasteiger charge is 2.05. The molecule has 0 aromatic carbocycles. The van der Waals surface area contributed by atoms with Crippen molar-refractivity contribution in [3.05, 3.63) is 0 Å². The highest BCUT2D eigenvalue weighted by Crippen LogP contribution is 2.35. The molecule has 3 heteroatoms. The number of hydrogen-bond donors (Lipinski definition) is 0. The molecule has 1 unspecified atom stereocenters. The average Bonchev–Trinajstić information content (AvgIpc) is 2.05. The lowest BCUT2D eigenvalue weighted by molar-refractivity contribution is 1.04. The predicted molar refractivity (Wildman–Crippen MR) is 62.6 cm³/mol. The van der Waals surface area contributed by atoms with Gasteiger partial charge in [-0.1, -0.05) is 42.4 Å². The van der Waals surface area contributed by atoms with Crippen LogP contribution in [0.4, 0.5) is 0 Å². The topological polar surface area (TPSA) is 0 Å². The van der Waals surface area contributed by atoms with Gasteiger partial charge in [-0.05, 0) is 18.6 Å². The molecule has 11 heavy (non-hydrogen) atoms. The number of thioether (sulfide) groups is 1. The van der Waals surface area contributed by atoms with Gasteiger partial charge in [0, 0.05) is 5.75 Å². The maximum atomic E-state index is 2.27. The standard InChI is InChI=1S/C8H18S3/c1-4-7-9-8(5-2)11-10-6-3/h8H,4-7H2,1-3H3. The van der Waals surface area contributed by atoms with Gasteiger partial charge in [-0.15, -0.1) is 11.8 Å². The smallest absolute Gasteiger partial charge is 0.0603 e. The first kappa shape index (κ1) is 12.0. The third-order valence-corrected chi connectivity index (χ3v) is 6.28. The van der Waals surface area contributed by atoms with Gasteiger partial charge in [0.15, 0.2) is 0 Å². The molecule has 0 saturated carbocycles. The van der Waals surface area contributed by atoms with Crippen LogP contribution in [0.3, 0.4) is 0 Å². The molecular formula is C8H18S3. The van der Waals surface area contributed by atoms with Crippen molar-refractivity contribution in [3.8, 4) is 0 Å². The van der Waals surface area contributed by atoms with Crippen LogP contribution in [-0.2, 0) is 0 Å². The van der Waals surface area contributed by atoms with E-state index in [0.29, 0.717) is 0 Å². The van der Waals surface area contributed by atoms with Crippen molar-refractivity contribution in [2.75, 3.05) is 11.5 Å². The van der Waals surface area contributed by atoms with Crippen molar-refractivity contribution in [2.24, 2.45) is 0 Å². The molecule has 0 aromatic rings. The molecule has 0 aromatic heterocycles. The molecule has 0 bridgehead atoms. The summed E-state index contributed by atoms with van der Waals surface area (Å²) >= 11 is 2.10. The Balaban J connectivity index is 3.25. The third kappa shape index (κ3) is 7.41. The minimum atomic E-state index is 0.819. The Hall–Kier alpha value is 1.05. The second-order valence-corrected chi connectivity index (χ2v) is 6.68. The quantitative estimate of drug-likeness (QED) is 0.455. The number of hydrogen-bond acceptors (Lipinski definition) is 3. The molecule has 0 radical (unpaired) electrons. The molecular weight excluding hydrogens is 192 g/mol. The third-order valence-electron chi connectivity index (χ3n) is 1.13. The fourth-order valence-electron chi connectivity index (χ4n) is 0.607. The van der Waals surface area contributed by atoms with E-state index in [1.165, 1.54) is 24.3 Å². The van der Waals surface area contributed by atoms with E-state index in [0.717, 1.165) is 4.58 Å². The molecule has 0 nitrogen and oxygen atoms in total. The minimum Gasteiger partial charge on any atom is -0.147 e. The van der Waals surface area contributed by atoms with Crippen molar-refractivity contribution in [3.63, 3.8) is 0 Å². The highest BCUT2D eigenvalue weighted by molar-refractivity contribution is 8.78. The van der Waals surface area contributed by atoms with Gasteiger partial charge in [0.1, 0.15) is 0 Å². The molecule has 0 heterocycles. The number of rotatable bonds is 7. The van der Waals surface area contributed by atoms with Crippen molar-refractivity contribution >= 4 is 33.3 Å². The lowest BCUT2D eigenvalue weighted by Gasteiger charge is -2.11. The van der Waals surface area contributed by atoms with Crippen molar-refractivity contribution in [1.82, 2.24) is 0 Å². The van der Waals surface area contributed by atoms with E-state index in [4.69, 9.17) is 0 Å². The van der Waals surface area contributed by atoms with Gasteiger partial charge in [-0.25, -0.2) is 0 Å². The molecule has 1 atom stereocenters. The van der Waals surface area contributed by atoms with Gasteiger partial charge in [-0.2, -0.15) is 0 Å². The zero-order valence-corrected chi connectivity index (χ0v) is 10.1. The second kappa shape index (κ2) is 9.14. The summed E-state index contributed by atoms with van der Waals surface area (Å²) in [7, 11) is 4.03. The van der Waals surface area contributed by atoms with Crippen molar-refractivity contribution in [1.29, 1.82) is 0 Å². The summed E-state index contributed by atoms with van der Waals surface area (Å²) in [5, 5.41) is 0. The molecule has 0 saturated heterocycles. The summed E-state index contributed by atoms with van der Waals surface area (Å²) in [6.45, 7) is 6.74. The van der Waals surface area contributed by atoms with Crippen LogP contribution in [0.25, 0.3) is 0 Å². The Morgan fingerprint density at radius 1 is 1.18 bits per heavy atom. The van der Waals surface area contributed by atoms with Gasteiger partial charge < -0.3 is 0 Å². The van der Waals surface area contributed by atoms with E-state index >= 15 is 0 Å². The van der Waals surface area contributed by atoms with Crippen LogP contribution in [0, 0.1) is 0 Å². The molecule has 0 aliphatic rings. The monoisotopic (exact) mass is 210 g/mol. The van der Waals surface area contributed by atoms with Crippen LogP contribution in [0.1, 0.15) is 33.6 Å². The van der Waals surface area contributed by atoms with Gasteiger partial charge >= 0.3 is 0 Å². The van der Waals surface area contributed by atoms with E-state index in [1.54, 1.807) is 0 Å². The predicted octanol–water partition coefficient (Wildman–Crippen LogP) is 4.27. The van der Waals surface area contributed by atoms with Gasteiger partial charge in [0.25, 0.3) is 0 Å². The molecule has 0 rings (SSSR count). The summed E-state index contributed by atoms with van der Waals surface area (Å²) < 4.78 is 0.819. The zero-order chi connectivity index (χ0) is 8.53. The van der Waals surface area contributed by atoms with Crippen LogP contribution in [0.5, 0.6) is 0 Å². The summed E-state index contributed by atoms with van der Waals surface area (Å²) in [6, 6.07) is 0. The van der Waals surface area contributed by atoms with Crippen LogP contribution < -0.4 is 0 Å². The van der Waals surface area contributed by atoms with Crippen LogP contribution >= 0.6 is 33.3 Å². The first-order chi connectivity index (χ1) is 5.35. The lowest BCUT2D eigenvalue weighted by atomic mass is 10.6. The zero-order valence-electron chi connectivity index (χ0n) is 7.63. The van der Waals surface area contributed by atoms with Gasteiger partial charge in [-0.3, -0.25) is 0 Å². The van der Waals surface area contributed by atoms with Crippen LogP contribution in [0.15, 0.2) is 0 Å². The normalized spacial score (nSPS) is 13.4. The molecule has 0 spiro atoms. The molecule has 0 aliphatic heterocycles. The van der Waals surface area contributed by atoms with Crippen LogP contribution in [-0.4, -0.2) is 16.1 Å². The Morgan fingerprint density at radius 3 is 2.36 bits per heavy atom. The van der Waals surface area contributed by atoms with Gasteiger partial charge in [0.2, 0.25) is 0 Å². The summed E-state index contributed by atoms with van der Waals surface area (Å²) in [6.07, 6.45) is 2.60. The maximum Gasteiger partial charge on any atom is 0.0603 e. The van der Waals surface area contributed by atoms with Crippen molar-refractivity contribution < 1.29 is 0 Å². The first-order valence-electron chi connectivity index (χ1n) is 4.24. The lowest BCUT2D eigenvalue weighted by Crippen LogP contribution is -1.93. The molecule has 68 valence electrons. The van der Waals surface area contributed by atoms with E-state index in [1.807, 2.05) is 21.6 Å².